The van der Waals surface area contributed by atoms with Gasteiger partial charge in [0.05, 0.1) is 4.90 Å². The van der Waals surface area contributed by atoms with E-state index in [1.165, 1.54) is 16.4 Å². The average Bonchev–Trinajstić information content (AvgIpc) is 3.10. The van der Waals surface area contributed by atoms with Crippen LogP contribution in [-0.4, -0.2) is 45.4 Å². The van der Waals surface area contributed by atoms with Gasteiger partial charge in [0.15, 0.2) is 0 Å². The van der Waals surface area contributed by atoms with Gasteiger partial charge in [-0.25, -0.2) is 12.8 Å². The van der Waals surface area contributed by atoms with Crippen molar-refractivity contribution in [3.63, 3.8) is 0 Å². The smallest absolute Gasteiger partial charge is 0.243 e. The molecular weight excluding hydrogens is 377 g/mol. The van der Waals surface area contributed by atoms with Crippen molar-refractivity contribution in [3.8, 4) is 0 Å². The van der Waals surface area contributed by atoms with Crippen LogP contribution in [0.4, 0.5) is 15.8 Å². The van der Waals surface area contributed by atoms with Crippen molar-refractivity contribution < 1.29 is 12.8 Å². The van der Waals surface area contributed by atoms with E-state index in [9.17, 15) is 12.8 Å². The molecule has 140 valence electrons. The van der Waals surface area contributed by atoms with Crippen LogP contribution in [-0.2, 0) is 16.4 Å². The lowest BCUT2D eigenvalue weighted by atomic mass is 10.2. The Bertz CT molecular complexity index is 882. The second-order valence-corrected chi connectivity index (χ2v) is 8.30. The minimum atomic E-state index is -3.48. The van der Waals surface area contributed by atoms with Gasteiger partial charge in [0, 0.05) is 44.1 Å². The van der Waals surface area contributed by atoms with Crippen molar-refractivity contribution in [1.29, 1.82) is 0 Å². The van der Waals surface area contributed by atoms with Gasteiger partial charge in [-0.15, -0.1) is 12.4 Å². The number of sulfonamides is 1. The molecule has 0 bridgehead atoms. The van der Waals surface area contributed by atoms with Crippen molar-refractivity contribution in [2.24, 2.45) is 0 Å². The quantitative estimate of drug-likeness (QED) is 0.865. The highest BCUT2D eigenvalue weighted by Crippen LogP contribution is 2.27. The van der Waals surface area contributed by atoms with Crippen LogP contribution in [0.5, 0.6) is 0 Å². The first-order valence-electron chi connectivity index (χ1n) is 8.41. The highest BCUT2D eigenvalue weighted by Gasteiger charge is 2.29. The molecule has 0 spiro atoms. The lowest BCUT2D eigenvalue weighted by Crippen LogP contribution is -2.48. The van der Waals surface area contributed by atoms with Crippen molar-refractivity contribution in [2.75, 3.05) is 42.9 Å². The maximum Gasteiger partial charge on any atom is 0.243 e. The molecule has 0 unspecified atom stereocenters. The molecule has 0 radical (unpaired) electrons. The molecule has 5 nitrogen and oxygen atoms in total. The fraction of sp³-hybridized carbons (Fsp3) is 0.333. The monoisotopic (exact) mass is 397 g/mol. The first-order chi connectivity index (χ1) is 12.0. The van der Waals surface area contributed by atoms with E-state index in [1.54, 1.807) is 24.3 Å². The minimum absolute atomic E-state index is 0. The molecule has 26 heavy (non-hydrogen) atoms. The number of nitrogens with one attached hydrogen (secondary N) is 1. The molecule has 1 saturated heterocycles. The molecular formula is C18H21ClFN3O2S. The van der Waals surface area contributed by atoms with E-state index >= 15 is 0 Å². The predicted molar refractivity (Wildman–Crippen MR) is 103 cm³/mol. The fourth-order valence-electron chi connectivity index (χ4n) is 3.43. The first kappa shape index (κ1) is 18.9. The summed E-state index contributed by atoms with van der Waals surface area (Å²) >= 11 is 0. The van der Waals surface area contributed by atoms with Crippen LogP contribution in [0.1, 0.15) is 5.56 Å². The first-order valence-corrected chi connectivity index (χ1v) is 9.85. The van der Waals surface area contributed by atoms with E-state index in [2.05, 4.69) is 10.2 Å². The van der Waals surface area contributed by atoms with Crippen LogP contribution in [0.15, 0.2) is 47.4 Å². The Morgan fingerprint density at radius 2 is 1.65 bits per heavy atom. The molecule has 0 aliphatic carbocycles. The molecule has 0 atom stereocenters. The molecule has 1 fully saturated rings. The number of piperazine rings is 1. The Morgan fingerprint density at radius 3 is 2.35 bits per heavy atom. The number of anilines is 2. The second kappa shape index (κ2) is 7.42. The molecule has 8 heteroatoms. The van der Waals surface area contributed by atoms with Gasteiger partial charge in [-0.2, -0.15) is 4.31 Å². The topological polar surface area (TPSA) is 52.7 Å². The Hall–Kier alpha value is -1.83. The fourth-order valence-corrected chi connectivity index (χ4v) is 4.90. The zero-order valence-electron chi connectivity index (χ0n) is 14.2. The summed E-state index contributed by atoms with van der Waals surface area (Å²) in [6, 6.07) is 11.6. The molecule has 0 saturated carbocycles. The van der Waals surface area contributed by atoms with Crippen molar-refractivity contribution in [3.05, 3.63) is 53.8 Å². The third kappa shape index (κ3) is 3.51. The van der Waals surface area contributed by atoms with Crippen LogP contribution >= 0.6 is 12.4 Å². The molecule has 1 N–H and O–H groups in total. The molecule has 2 aliphatic heterocycles. The summed E-state index contributed by atoms with van der Waals surface area (Å²) in [6.07, 6.45) is 0.858. The van der Waals surface area contributed by atoms with Gasteiger partial charge in [0.2, 0.25) is 10.0 Å². The number of benzene rings is 2. The summed E-state index contributed by atoms with van der Waals surface area (Å²) in [5, 5.41) is 3.24. The van der Waals surface area contributed by atoms with Gasteiger partial charge in [-0.05, 0) is 54.4 Å². The van der Waals surface area contributed by atoms with Crippen LogP contribution in [0.3, 0.4) is 0 Å². The number of fused-ring (bicyclic) bond motifs is 1. The SMILES string of the molecule is Cl.O=S(=O)(c1ccc2c(c1)CCN2)N1CCN(c2ccc(F)cc2)CC1. The molecule has 2 heterocycles. The normalized spacial score (nSPS) is 17.3. The van der Waals surface area contributed by atoms with Crippen LogP contribution in [0.2, 0.25) is 0 Å². The molecule has 0 amide bonds. The minimum Gasteiger partial charge on any atom is -0.384 e. The van der Waals surface area contributed by atoms with Gasteiger partial charge < -0.3 is 10.2 Å². The number of hydrogen-bond acceptors (Lipinski definition) is 4. The highest BCUT2D eigenvalue weighted by molar-refractivity contribution is 7.89. The molecule has 2 aromatic rings. The summed E-state index contributed by atoms with van der Waals surface area (Å²) in [6.45, 7) is 2.90. The standard InChI is InChI=1S/C18H20FN3O2S.ClH/c19-15-1-3-16(4-2-15)21-9-11-22(12-10-21)25(23,24)17-5-6-18-14(13-17)7-8-20-18;/h1-6,13,20H,7-12H2;1H. The van der Waals surface area contributed by atoms with Gasteiger partial charge in [-0.1, -0.05) is 0 Å². The van der Waals surface area contributed by atoms with E-state index in [1.807, 2.05) is 6.07 Å². The van der Waals surface area contributed by atoms with Crippen LogP contribution in [0, 0.1) is 5.82 Å². The summed E-state index contributed by atoms with van der Waals surface area (Å²) < 4.78 is 40.4. The third-order valence-corrected chi connectivity index (χ3v) is 6.75. The lowest BCUT2D eigenvalue weighted by Gasteiger charge is -2.35. The number of hydrogen-bond donors (Lipinski definition) is 1. The molecule has 0 aromatic heterocycles. The van der Waals surface area contributed by atoms with Gasteiger partial charge in [0.1, 0.15) is 5.82 Å². The Labute approximate surface area is 159 Å². The van der Waals surface area contributed by atoms with E-state index in [0.29, 0.717) is 31.1 Å². The van der Waals surface area contributed by atoms with E-state index in [4.69, 9.17) is 0 Å². The third-order valence-electron chi connectivity index (χ3n) is 4.85. The van der Waals surface area contributed by atoms with Gasteiger partial charge in [0.25, 0.3) is 0 Å². The van der Waals surface area contributed by atoms with E-state index in [0.717, 1.165) is 29.9 Å². The summed E-state index contributed by atoms with van der Waals surface area (Å²) in [4.78, 5) is 2.45. The lowest BCUT2D eigenvalue weighted by molar-refractivity contribution is 0.385. The van der Waals surface area contributed by atoms with E-state index < -0.39 is 10.0 Å². The Kier molecular flexibility index (Phi) is 5.41. The summed E-state index contributed by atoms with van der Waals surface area (Å²) in [7, 11) is -3.48. The zero-order valence-corrected chi connectivity index (χ0v) is 15.8. The zero-order chi connectivity index (χ0) is 17.4. The predicted octanol–water partition coefficient (Wildman–Crippen LogP) is 2.73. The maximum atomic E-state index is 13.0. The van der Waals surface area contributed by atoms with Gasteiger partial charge in [-0.3, -0.25) is 0 Å². The summed E-state index contributed by atoms with van der Waals surface area (Å²) in [5.41, 5.74) is 3.01. The maximum absolute atomic E-state index is 13.0. The van der Waals surface area contributed by atoms with Crippen molar-refractivity contribution in [1.82, 2.24) is 4.31 Å². The van der Waals surface area contributed by atoms with Gasteiger partial charge >= 0.3 is 0 Å². The Morgan fingerprint density at radius 1 is 0.962 bits per heavy atom. The molecule has 4 rings (SSSR count). The average molecular weight is 398 g/mol. The summed E-state index contributed by atoms with van der Waals surface area (Å²) in [5.74, 6) is -0.268. The van der Waals surface area contributed by atoms with Crippen molar-refractivity contribution in [2.45, 2.75) is 11.3 Å². The number of halogens is 2. The van der Waals surface area contributed by atoms with Crippen LogP contribution in [0.25, 0.3) is 0 Å². The largest absolute Gasteiger partial charge is 0.384 e. The van der Waals surface area contributed by atoms with E-state index in [-0.39, 0.29) is 18.2 Å². The molecule has 2 aliphatic rings. The second-order valence-electron chi connectivity index (χ2n) is 6.36. The van der Waals surface area contributed by atoms with Crippen molar-refractivity contribution >= 4 is 33.8 Å². The number of nitrogens with zero attached hydrogens (tertiary/aromatic N) is 2. The van der Waals surface area contributed by atoms with Crippen LogP contribution < -0.4 is 10.2 Å². The molecule has 2 aromatic carbocycles. The highest BCUT2D eigenvalue weighted by atomic mass is 35.5. The number of rotatable bonds is 3. The Balaban J connectivity index is 0.00000196.